The lowest BCUT2D eigenvalue weighted by Crippen LogP contribution is -2.02. The molecule has 2 aromatic heterocycles. The largest absolute Gasteiger partial charge is 0.495 e. The van der Waals surface area contributed by atoms with E-state index < -0.39 is 0 Å². The molecule has 0 radical (unpaired) electrons. The number of hydrogen-bond donors (Lipinski definition) is 2. The zero-order chi connectivity index (χ0) is 19.6. The van der Waals surface area contributed by atoms with Gasteiger partial charge in [0, 0.05) is 7.05 Å². The van der Waals surface area contributed by atoms with Gasteiger partial charge in [-0.05, 0) is 31.5 Å². The van der Waals surface area contributed by atoms with Crippen LogP contribution < -0.4 is 15.4 Å². The minimum atomic E-state index is 0.321. The molecule has 1 aliphatic rings. The third-order valence-electron chi connectivity index (χ3n) is 4.58. The molecule has 0 atom stereocenters. The fourth-order valence-electron chi connectivity index (χ4n) is 3.18. The SMILES string of the molecule is C1CCCCC1.CNc1cnc(C#N)c(Nc2cc(C)c(OC)c(C)n2)c1. The third-order valence-corrected chi connectivity index (χ3v) is 4.58. The van der Waals surface area contributed by atoms with E-state index in [1.165, 1.54) is 38.5 Å². The lowest BCUT2D eigenvalue weighted by molar-refractivity contribution is 0.406. The quantitative estimate of drug-likeness (QED) is 0.782. The number of hydrogen-bond acceptors (Lipinski definition) is 6. The molecule has 2 N–H and O–H groups in total. The van der Waals surface area contributed by atoms with Crippen LogP contribution in [0.25, 0.3) is 0 Å². The van der Waals surface area contributed by atoms with Gasteiger partial charge in [0.1, 0.15) is 17.6 Å². The maximum atomic E-state index is 9.14. The lowest BCUT2D eigenvalue weighted by Gasteiger charge is -2.13. The van der Waals surface area contributed by atoms with Crippen LogP contribution in [-0.2, 0) is 0 Å². The van der Waals surface area contributed by atoms with Crippen molar-refractivity contribution in [2.45, 2.75) is 52.4 Å². The third kappa shape index (κ3) is 5.85. The van der Waals surface area contributed by atoms with Gasteiger partial charge in [-0.2, -0.15) is 5.26 Å². The highest BCUT2D eigenvalue weighted by Gasteiger charge is 2.10. The van der Waals surface area contributed by atoms with Gasteiger partial charge in [-0.25, -0.2) is 9.97 Å². The van der Waals surface area contributed by atoms with Crippen LogP contribution in [0.5, 0.6) is 5.75 Å². The predicted molar refractivity (Wildman–Crippen MR) is 110 cm³/mol. The second kappa shape index (κ2) is 10.4. The van der Waals surface area contributed by atoms with Crippen molar-refractivity contribution in [3.63, 3.8) is 0 Å². The molecule has 1 fully saturated rings. The summed E-state index contributed by atoms with van der Waals surface area (Å²) >= 11 is 0. The lowest BCUT2D eigenvalue weighted by atomic mass is 10.0. The minimum Gasteiger partial charge on any atom is -0.495 e. The monoisotopic (exact) mass is 367 g/mol. The van der Waals surface area contributed by atoms with Crippen LogP contribution in [0.15, 0.2) is 18.3 Å². The van der Waals surface area contributed by atoms with E-state index in [0.29, 0.717) is 17.2 Å². The number of methoxy groups -OCH3 is 1. The molecule has 0 unspecified atom stereocenters. The Hall–Kier alpha value is -2.81. The van der Waals surface area contributed by atoms with E-state index in [-0.39, 0.29) is 0 Å². The van der Waals surface area contributed by atoms with Crippen molar-refractivity contribution in [1.82, 2.24) is 9.97 Å². The average molecular weight is 367 g/mol. The number of pyridine rings is 2. The summed E-state index contributed by atoms with van der Waals surface area (Å²) in [7, 11) is 3.42. The van der Waals surface area contributed by atoms with E-state index in [0.717, 1.165) is 22.7 Å². The molecule has 27 heavy (non-hydrogen) atoms. The number of nitriles is 1. The Kier molecular flexibility index (Phi) is 7.87. The van der Waals surface area contributed by atoms with E-state index in [9.17, 15) is 0 Å². The number of aryl methyl sites for hydroxylation is 2. The summed E-state index contributed by atoms with van der Waals surface area (Å²) in [4.78, 5) is 8.54. The van der Waals surface area contributed by atoms with Crippen LogP contribution >= 0.6 is 0 Å². The van der Waals surface area contributed by atoms with Crippen LogP contribution in [0, 0.1) is 25.2 Å². The number of aromatic nitrogens is 2. The summed E-state index contributed by atoms with van der Waals surface area (Å²) in [6, 6.07) is 5.76. The van der Waals surface area contributed by atoms with Gasteiger partial charge in [0.05, 0.1) is 30.4 Å². The van der Waals surface area contributed by atoms with Crippen LogP contribution in [0.3, 0.4) is 0 Å². The van der Waals surface area contributed by atoms with E-state index in [1.54, 1.807) is 20.4 Å². The second-order valence-corrected chi connectivity index (χ2v) is 6.67. The molecular formula is C21H29N5O. The van der Waals surface area contributed by atoms with Gasteiger partial charge in [-0.1, -0.05) is 38.5 Å². The molecule has 0 amide bonds. The van der Waals surface area contributed by atoms with Crippen molar-refractivity contribution in [3.05, 3.63) is 35.3 Å². The van der Waals surface area contributed by atoms with Gasteiger partial charge in [0.15, 0.2) is 5.69 Å². The minimum absolute atomic E-state index is 0.321. The van der Waals surface area contributed by atoms with Gasteiger partial charge < -0.3 is 15.4 Å². The highest BCUT2D eigenvalue weighted by Crippen LogP contribution is 2.27. The summed E-state index contributed by atoms with van der Waals surface area (Å²) in [5, 5.41) is 15.3. The molecule has 6 nitrogen and oxygen atoms in total. The van der Waals surface area contributed by atoms with Crippen molar-refractivity contribution in [3.8, 4) is 11.8 Å². The van der Waals surface area contributed by atoms with Crippen LogP contribution in [0.1, 0.15) is 55.5 Å². The normalized spacial score (nSPS) is 13.0. The van der Waals surface area contributed by atoms with Crippen molar-refractivity contribution >= 4 is 17.2 Å². The topological polar surface area (TPSA) is 82.9 Å². The van der Waals surface area contributed by atoms with Crippen molar-refractivity contribution < 1.29 is 4.74 Å². The Morgan fingerprint density at radius 3 is 2.19 bits per heavy atom. The van der Waals surface area contributed by atoms with Gasteiger partial charge in [0.25, 0.3) is 0 Å². The molecule has 0 aromatic carbocycles. The number of nitrogens with zero attached hydrogens (tertiary/aromatic N) is 3. The Labute approximate surface area is 162 Å². The van der Waals surface area contributed by atoms with Gasteiger partial charge in [-0.3, -0.25) is 0 Å². The van der Waals surface area contributed by atoms with E-state index in [1.807, 2.05) is 26.0 Å². The summed E-state index contributed by atoms with van der Waals surface area (Å²) in [5.74, 6) is 1.42. The van der Waals surface area contributed by atoms with Crippen molar-refractivity contribution in [1.29, 1.82) is 5.26 Å². The molecule has 0 bridgehead atoms. The maximum Gasteiger partial charge on any atom is 0.164 e. The van der Waals surface area contributed by atoms with Crippen LogP contribution in [0.4, 0.5) is 17.2 Å². The number of nitrogens with one attached hydrogen (secondary N) is 2. The molecule has 0 aliphatic heterocycles. The summed E-state index contributed by atoms with van der Waals surface area (Å²) in [6.07, 6.45) is 10.6. The predicted octanol–water partition coefficient (Wildman–Crippen LogP) is 5.10. The molecule has 2 heterocycles. The van der Waals surface area contributed by atoms with Crippen molar-refractivity contribution in [2.75, 3.05) is 24.8 Å². The molecular weight excluding hydrogens is 338 g/mol. The molecule has 1 saturated carbocycles. The van der Waals surface area contributed by atoms with Gasteiger partial charge in [-0.15, -0.1) is 0 Å². The molecule has 0 spiro atoms. The molecule has 1 aliphatic carbocycles. The van der Waals surface area contributed by atoms with E-state index >= 15 is 0 Å². The number of anilines is 3. The first kappa shape index (κ1) is 20.5. The summed E-state index contributed by atoms with van der Waals surface area (Å²) in [6.45, 7) is 3.83. The smallest absolute Gasteiger partial charge is 0.164 e. The molecule has 144 valence electrons. The Morgan fingerprint density at radius 2 is 1.70 bits per heavy atom. The van der Waals surface area contributed by atoms with Gasteiger partial charge >= 0.3 is 0 Å². The van der Waals surface area contributed by atoms with E-state index in [2.05, 4.69) is 26.7 Å². The first-order valence-electron chi connectivity index (χ1n) is 9.46. The second-order valence-electron chi connectivity index (χ2n) is 6.67. The zero-order valence-electron chi connectivity index (χ0n) is 16.7. The highest BCUT2D eigenvalue weighted by molar-refractivity contribution is 5.67. The zero-order valence-corrected chi connectivity index (χ0v) is 16.7. The molecule has 0 saturated heterocycles. The van der Waals surface area contributed by atoms with Crippen LogP contribution in [0.2, 0.25) is 0 Å². The first-order valence-corrected chi connectivity index (χ1v) is 9.46. The highest BCUT2D eigenvalue weighted by atomic mass is 16.5. The Balaban J connectivity index is 0.000000369. The Bertz CT molecular complexity index is 759. The number of rotatable bonds is 4. The van der Waals surface area contributed by atoms with Gasteiger partial charge in [0.2, 0.25) is 0 Å². The Morgan fingerprint density at radius 1 is 1.07 bits per heavy atom. The number of ether oxygens (including phenoxy) is 1. The summed E-state index contributed by atoms with van der Waals surface area (Å²) in [5.41, 5.74) is 3.51. The fourth-order valence-corrected chi connectivity index (χ4v) is 3.18. The molecule has 6 heteroatoms. The maximum absolute atomic E-state index is 9.14. The van der Waals surface area contributed by atoms with Crippen LogP contribution in [-0.4, -0.2) is 24.1 Å². The summed E-state index contributed by atoms with van der Waals surface area (Å²) < 4.78 is 5.30. The molecule has 2 aromatic rings. The van der Waals surface area contributed by atoms with E-state index in [4.69, 9.17) is 10.00 Å². The first-order chi connectivity index (χ1) is 13.1. The molecule has 3 rings (SSSR count). The fraction of sp³-hybridized carbons (Fsp3) is 0.476. The standard InChI is InChI=1S/C15H17N5O.C6H12/c1-9-5-14(19-10(2)15(9)21-4)20-12-6-11(17-3)8-18-13(12)7-16;1-2-4-6-5-3-1/h5-6,8,17H,1-4H3,(H,19,20);1-6H2. The van der Waals surface area contributed by atoms with Crippen molar-refractivity contribution in [2.24, 2.45) is 0 Å². The average Bonchev–Trinajstić information content (AvgIpc) is 2.69.